The average Bonchev–Trinajstić information content (AvgIpc) is 3.10. The van der Waals surface area contributed by atoms with Crippen LogP contribution in [0.15, 0.2) is 48.5 Å². The minimum absolute atomic E-state index is 0.141. The molecule has 0 bridgehead atoms. The molecule has 178 valence electrons. The number of halogens is 5. The van der Waals surface area contributed by atoms with Crippen LogP contribution in [0.25, 0.3) is 0 Å². The molecular weight excluding hydrogens is 564 g/mol. The average molecular weight is 574 g/mol. The van der Waals surface area contributed by atoms with Gasteiger partial charge in [0.05, 0.1) is 42.7 Å². The highest BCUT2D eigenvalue weighted by Gasteiger charge is 2.46. The van der Waals surface area contributed by atoms with Crippen LogP contribution in [0.2, 0.25) is 25.1 Å². The first-order valence-corrected chi connectivity index (χ1v) is 11.5. The van der Waals surface area contributed by atoms with Gasteiger partial charge in [-0.25, -0.2) is 5.01 Å². The number of hydrazine groups is 1. The number of hydrogen-bond acceptors (Lipinski definition) is 5. The SMILES string of the molecule is O=C(c1cccc([N+](=O)[O-])c1)N(Cc1ccc(Cl)cc1)N1C(=O)c2c(Cl)c(Cl)c(Cl)c(Cl)c2C1=O. The van der Waals surface area contributed by atoms with Gasteiger partial charge in [0.25, 0.3) is 23.4 Å². The van der Waals surface area contributed by atoms with Crippen molar-refractivity contribution in [3.8, 4) is 0 Å². The number of imide groups is 1. The van der Waals surface area contributed by atoms with E-state index in [-0.39, 0.29) is 49.0 Å². The molecule has 0 fully saturated rings. The summed E-state index contributed by atoms with van der Waals surface area (Å²) < 4.78 is 0. The molecule has 3 amide bonds. The number of nitrogens with zero attached hydrogens (tertiary/aromatic N) is 3. The first-order valence-electron chi connectivity index (χ1n) is 9.58. The van der Waals surface area contributed by atoms with E-state index >= 15 is 0 Å². The normalized spacial score (nSPS) is 12.7. The summed E-state index contributed by atoms with van der Waals surface area (Å²) >= 11 is 30.5. The Labute approximate surface area is 222 Å². The Balaban J connectivity index is 1.85. The third-order valence-electron chi connectivity index (χ3n) is 5.10. The van der Waals surface area contributed by atoms with Crippen LogP contribution in [0.5, 0.6) is 0 Å². The van der Waals surface area contributed by atoms with Gasteiger partial charge in [0.15, 0.2) is 0 Å². The molecular formula is C22H10Cl5N3O5. The summed E-state index contributed by atoms with van der Waals surface area (Å²) in [5.74, 6) is -2.81. The summed E-state index contributed by atoms with van der Waals surface area (Å²) in [6.45, 7) is -0.277. The van der Waals surface area contributed by atoms with Gasteiger partial charge in [-0.05, 0) is 23.8 Å². The molecule has 4 rings (SSSR count). The maximum absolute atomic E-state index is 13.5. The zero-order valence-electron chi connectivity index (χ0n) is 17.1. The Morgan fingerprint density at radius 1 is 0.857 bits per heavy atom. The number of amides is 3. The van der Waals surface area contributed by atoms with Crippen molar-refractivity contribution in [1.82, 2.24) is 10.0 Å². The van der Waals surface area contributed by atoms with Crippen LogP contribution >= 0.6 is 58.0 Å². The molecule has 1 aliphatic heterocycles. The van der Waals surface area contributed by atoms with Crippen molar-refractivity contribution < 1.29 is 19.3 Å². The van der Waals surface area contributed by atoms with E-state index in [1.807, 2.05) is 0 Å². The van der Waals surface area contributed by atoms with Crippen LogP contribution in [0.3, 0.4) is 0 Å². The van der Waals surface area contributed by atoms with Crippen LogP contribution in [0.1, 0.15) is 36.6 Å². The van der Waals surface area contributed by atoms with E-state index in [1.54, 1.807) is 24.3 Å². The van der Waals surface area contributed by atoms with Gasteiger partial charge in [-0.2, -0.15) is 5.01 Å². The molecule has 3 aromatic rings. The third-order valence-corrected chi connectivity index (χ3v) is 7.16. The highest BCUT2D eigenvalue weighted by molar-refractivity contribution is 6.55. The van der Waals surface area contributed by atoms with Gasteiger partial charge in [0.2, 0.25) is 0 Å². The summed E-state index contributed by atoms with van der Waals surface area (Å²) in [7, 11) is 0. The summed E-state index contributed by atoms with van der Waals surface area (Å²) in [6, 6.07) is 11.1. The van der Waals surface area contributed by atoms with Crippen LogP contribution in [-0.2, 0) is 6.54 Å². The summed E-state index contributed by atoms with van der Waals surface area (Å²) in [4.78, 5) is 50.8. The van der Waals surface area contributed by atoms with Gasteiger partial charge < -0.3 is 0 Å². The van der Waals surface area contributed by atoms with E-state index < -0.39 is 22.6 Å². The van der Waals surface area contributed by atoms with E-state index in [0.29, 0.717) is 15.6 Å². The van der Waals surface area contributed by atoms with Gasteiger partial charge in [0, 0.05) is 22.7 Å². The minimum atomic E-state index is -0.969. The molecule has 0 aliphatic carbocycles. The Bertz CT molecular complexity index is 1380. The molecule has 0 unspecified atom stereocenters. The predicted molar refractivity (Wildman–Crippen MR) is 131 cm³/mol. The number of nitro groups is 1. The van der Waals surface area contributed by atoms with Crippen molar-refractivity contribution in [2.24, 2.45) is 0 Å². The first kappa shape index (κ1) is 25.2. The van der Waals surface area contributed by atoms with Crippen molar-refractivity contribution in [2.45, 2.75) is 6.54 Å². The second-order valence-corrected chi connectivity index (χ2v) is 9.17. The maximum atomic E-state index is 13.5. The van der Waals surface area contributed by atoms with Crippen molar-refractivity contribution in [2.75, 3.05) is 0 Å². The predicted octanol–water partition coefficient (Wildman–Crippen LogP) is 6.72. The van der Waals surface area contributed by atoms with E-state index in [2.05, 4.69) is 0 Å². The molecule has 0 atom stereocenters. The molecule has 1 heterocycles. The van der Waals surface area contributed by atoms with E-state index in [4.69, 9.17) is 58.0 Å². The molecule has 1 aliphatic rings. The van der Waals surface area contributed by atoms with Gasteiger partial charge in [-0.1, -0.05) is 76.2 Å². The molecule has 0 N–H and O–H groups in total. The molecule has 35 heavy (non-hydrogen) atoms. The standard InChI is InChI=1S/C22H10Cl5N3O5/c23-12-6-4-10(5-7-12)9-28(20(31)11-2-1-3-13(8-11)30(34)35)29-21(32)14-15(22(29)33)17(25)19(27)18(26)16(14)24/h1-8H,9H2. The number of fused-ring (bicyclic) bond motifs is 1. The van der Waals surface area contributed by atoms with Crippen LogP contribution in [0, 0.1) is 10.1 Å². The van der Waals surface area contributed by atoms with E-state index in [0.717, 1.165) is 11.1 Å². The largest absolute Gasteiger partial charge is 0.282 e. The molecule has 0 radical (unpaired) electrons. The third kappa shape index (κ3) is 4.44. The molecule has 0 aromatic heterocycles. The molecule has 0 saturated heterocycles. The lowest BCUT2D eigenvalue weighted by molar-refractivity contribution is -0.384. The van der Waals surface area contributed by atoms with Crippen molar-refractivity contribution in [1.29, 1.82) is 0 Å². The van der Waals surface area contributed by atoms with Crippen molar-refractivity contribution in [3.63, 3.8) is 0 Å². The van der Waals surface area contributed by atoms with Gasteiger partial charge in [-0.3, -0.25) is 24.5 Å². The number of carbonyl (C=O) groups is 3. The number of non-ortho nitro benzene ring substituents is 1. The topological polar surface area (TPSA) is 101 Å². The molecule has 3 aromatic carbocycles. The van der Waals surface area contributed by atoms with Crippen molar-refractivity contribution >= 4 is 81.4 Å². The van der Waals surface area contributed by atoms with Crippen molar-refractivity contribution in [3.05, 3.63) is 106 Å². The smallest absolute Gasteiger partial charge is 0.267 e. The summed E-state index contributed by atoms with van der Waals surface area (Å²) in [6.07, 6.45) is 0. The highest BCUT2D eigenvalue weighted by Crippen LogP contribution is 2.45. The zero-order valence-corrected chi connectivity index (χ0v) is 20.9. The molecule has 13 heteroatoms. The zero-order chi connectivity index (χ0) is 25.6. The maximum Gasteiger partial charge on any atom is 0.282 e. The highest BCUT2D eigenvalue weighted by atomic mass is 35.5. The van der Waals surface area contributed by atoms with Crippen LogP contribution in [-0.4, -0.2) is 32.7 Å². The Morgan fingerprint density at radius 3 is 1.91 bits per heavy atom. The quantitative estimate of drug-likeness (QED) is 0.111. The van der Waals surface area contributed by atoms with Gasteiger partial charge >= 0.3 is 0 Å². The molecule has 8 nitrogen and oxygen atoms in total. The van der Waals surface area contributed by atoms with Crippen LogP contribution < -0.4 is 0 Å². The molecule has 0 spiro atoms. The lowest BCUT2D eigenvalue weighted by Gasteiger charge is -2.30. The molecule has 0 saturated carbocycles. The second-order valence-electron chi connectivity index (χ2n) is 7.22. The number of hydrogen-bond donors (Lipinski definition) is 0. The first-order chi connectivity index (χ1) is 16.5. The van der Waals surface area contributed by atoms with Gasteiger partial charge in [0.1, 0.15) is 0 Å². The fourth-order valence-electron chi connectivity index (χ4n) is 3.45. The number of carbonyl (C=O) groups excluding carboxylic acids is 3. The van der Waals surface area contributed by atoms with E-state index in [1.165, 1.54) is 18.2 Å². The van der Waals surface area contributed by atoms with Gasteiger partial charge in [-0.15, -0.1) is 0 Å². The summed E-state index contributed by atoms with van der Waals surface area (Å²) in [5.41, 5.74) is -0.627. The number of benzene rings is 3. The Hall–Kier alpha value is -2.88. The minimum Gasteiger partial charge on any atom is -0.267 e. The van der Waals surface area contributed by atoms with Crippen LogP contribution in [0.4, 0.5) is 5.69 Å². The number of rotatable bonds is 5. The Morgan fingerprint density at radius 2 is 1.40 bits per heavy atom. The monoisotopic (exact) mass is 571 g/mol. The van der Waals surface area contributed by atoms with E-state index in [9.17, 15) is 24.5 Å². The second kappa shape index (κ2) is 9.64. The lowest BCUT2D eigenvalue weighted by atomic mass is 10.1. The summed E-state index contributed by atoms with van der Waals surface area (Å²) in [5, 5.41) is 12.0. The number of nitro benzene ring substituents is 1. The lowest BCUT2D eigenvalue weighted by Crippen LogP contribution is -2.49. The fraction of sp³-hybridized carbons (Fsp3) is 0.0455. The Kier molecular flexibility index (Phi) is 6.95. The fourth-order valence-corrected chi connectivity index (χ4v) is 4.59.